The van der Waals surface area contributed by atoms with E-state index in [4.69, 9.17) is 4.74 Å². The molecule has 0 amide bonds. The van der Waals surface area contributed by atoms with Gasteiger partial charge in [-0.3, -0.25) is 0 Å². The fourth-order valence-electron chi connectivity index (χ4n) is 2.01. The van der Waals surface area contributed by atoms with Crippen molar-refractivity contribution in [3.63, 3.8) is 0 Å². The fraction of sp³-hybridized carbons (Fsp3) is 0.600. The van der Waals surface area contributed by atoms with Crippen LogP contribution in [0.5, 0.6) is 0 Å². The number of rotatable bonds is 8. The molecule has 2 atom stereocenters. The molecule has 3 heteroatoms. The number of aliphatic hydroxyl groups is 1. The first-order valence-corrected chi connectivity index (χ1v) is 6.58. The van der Waals surface area contributed by atoms with Gasteiger partial charge in [-0.25, -0.2) is 0 Å². The summed E-state index contributed by atoms with van der Waals surface area (Å²) in [5.74, 6) is 0. The smallest absolute Gasteiger partial charge is 0.0785 e. The quantitative estimate of drug-likeness (QED) is 0.741. The minimum absolute atomic E-state index is 0.367. The highest BCUT2D eigenvalue weighted by Gasteiger charge is 2.07. The van der Waals surface area contributed by atoms with Crippen LogP contribution >= 0.6 is 0 Å². The van der Waals surface area contributed by atoms with E-state index in [-0.39, 0.29) is 6.10 Å². The molecule has 0 bridgehead atoms. The molecule has 0 spiro atoms. The van der Waals surface area contributed by atoms with Gasteiger partial charge in [-0.2, -0.15) is 0 Å². The number of nitrogens with one attached hydrogen (secondary N) is 1. The number of methoxy groups -OCH3 is 1. The van der Waals surface area contributed by atoms with Crippen LogP contribution in [0.4, 0.5) is 0 Å². The molecule has 102 valence electrons. The first kappa shape index (κ1) is 15.2. The van der Waals surface area contributed by atoms with Crippen molar-refractivity contribution in [3.05, 3.63) is 35.4 Å². The van der Waals surface area contributed by atoms with Gasteiger partial charge in [0.25, 0.3) is 0 Å². The van der Waals surface area contributed by atoms with Gasteiger partial charge in [0.1, 0.15) is 0 Å². The van der Waals surface area contributed by atoms with Crippen molar-refractivity contribution < 1.29 is 9.84 Å². The van der Waals surface area contributed by atoms with E-state index in [9.17, 15) is 5.11 Å². The average Bonchev–Trinajstić information content (AvgIpc) is 2.32. The maximum Gasteiger partial charge on any atom is 0.0785 e. The van der Waals surface area contributed by atoms with Gasteiger partial charge in [0, 0.05) is 13.2 Å². The Morgan fingerprint density at radius 2 is 2.06 bits per heavy atom. The van der Waals surface area contributed by atoms with Gasteiger partial charge in [0.05, 0.1) is 12.7 Å². The Morgan fingerprint density at radius 3 is 2.72 bits per heavy atom. The third kappa shape index (κ3) is 5.63. The Balaban J connectivity index is 2.26. The molecule has 1 rings (SSSR count). The lowest BCUT2D eigenvalue weighted by atomic mass is 10.0. The average molecular weight is 251 g/mol. The van der Waals surface area contributed by atoms with Crippen molar-refractivity contribution in [2.45, 2.75) is 38.8 Å². The third-order valence-electron chi connectivity index (χ3n) is 3.12. The van der Waals surface area contributed by atoms with Gasteiger partial charge in [0.2, 0.25) is 0 Å². The summed E-state index contributed by atoms with van der Waals surface area (Å²) in [5.41, 5.74) is 2.72. The van der Waals surface area contributed by atoms with Gasteiger partial charge in [0.15, 0.2) is 0 Å². The van der Waals surface area contributed by atoms with E-state index in [0.29, 0.717) is 12.6 Å². The van der Waals surface area contributed by atoms with Crippen LogP contribution in [0.25, 0.3) is 0 Å². The highest BCUT2D eigenvalue weighted by atomic mass is 16.5. The monoisotopic (exact) mass is 251 g/mol. The van der Waals surface area contributed by atoms with Crippen LogP contribution in [0.1, 0.15) is 24.5 Å². The van der Waals surface area contributed by atoms with Crippen LogP contribution in [-0.2, 0) is 11.2 Å². The van der Waals surface area contributed by atoms with Crippen molar-refractivity contribution in [2.24, 2.45) is 0 Å². The van der Waals surface area contributed by atoms with Gasteiger partial charge >= 0.3 is 0 Å². The zero-order valence-electron chi connectivity index (χ0n) is 11.6. The number of aliphatic hydroxyl groups excluding tert-OH is 1. The Bertz CT molecular complexity index is 341. The SMILES string of the molecule is COCC(O)CCNC(C)Cc1ccccc1C. The molecule has 0 aliphatic carbocycles. The number of aryl methyl sites for hydroxylation is 1. The first-order chi connectivity index (χ1) is 8.63. The van der Waals surface area contributed by atoms with Crippen molar-refractivity contribution >= 4 is 0 Å². The highest BCUT2D eigenvalue weighted by molar-refractivity contribution is 5.26. The minimum Gasteiger partial charge on any atom is -0.391 e. The molecular formula is C15H25NO2. The summed E-state index contributed by atoms with van der Waals surface area (Å²) in [6, 6.07) is 8.88. The van der Waals surface area contributed by atoms with E-state index in [0.717, 1.165) is 19.4 Å². The zero-order chi connectivity index (χ0) is 13.4. The van der Waals surface area contributed by atoms with E-state index < -0.39 is 0 Å². The summed E-state index contributed by atoms with van der Waals surface area (Å²) in [4.78, 5) is 0. The highest BCUT2D eigenvalue weighted by Crippen LogP contribution is 2.09. The molecule has 0 aliphatic heterocycles. The lowest BCUT2D eigenvalue weighted by molar-refractivity contribution is 0.0591. The van der Waals surface area contributed by atoms with Crippen molar-refractivity contribution in [2.75, 3.05) is 20.3 Å². The number of benzene rings is 1. The predicted octanol–water partition coefficient (Wildman–Crippen LogP) is 1.91. The second kappa shape index (κ2) is 8.25. The van der Waals surface area contributed by atoms with Crippen molar-refractivity contribution in [1.82, 2.24) is 5.32 Å². The summed E-state index contributed by atoms with van der Waals surface area (Å²) in [6.07, 6.45) is 1.38. The standard InChI is InChI=1S/C15H25NO2/c1-12-6-4-5-7-14(12)10-13(2)16-9-8-15(17)11-18-3/h4-7,13,15-17H,8-11H2,1-3H3. The molecule has 2 N–H and O–H groups in total. The molecule has 3 nitrogen and oxygen atoms in total. The van der Waals surface area contributed by atoms with Crippen LogP contribution < -0.4 is 5.32 Å². The van der Waals surface area contributed by atoms with Gasteiger partial charge in [-0.1, -0.05) is 24.3 Å². The predicted molar refractivity (Wildman–Crippen MR) is 74.8 cm³/mol. The van der Waals surface area contributed by atoms with E-state index >= 15 is 0 Å². The maximum atomic E-state index is 9.53. The molecule has 0 heterocycles. The fourth-order valence-corrected chi connectivity index (χ4v) is 2.01. The Morgan fingerprint density at radius 1 is 1.33 bits per heavy atom. The molecule has 0 aliphatic rings. The number of hydrogen-bond donors (Lipinski definition) is 2. The second-order valence-corrected chi connectivity index (χ2v) is 4.88. The van der Waals surface area contributed by atoms with Crippen LogP contribution in [-0.4, -0.2) is 37.5 Å². The van der Waals surface area contributed by atoms with E-state index in [2.05, 4.69) is 43.4 Å². The van der Waals surface area contributed by atoms with Crippen LogP contribution in [0.3, 0.4) is 0 Å². The number of hydrogen-bond acceptors (Lipinski definition) is 3. The Labute approximate surface area is 110 Å². The molecule has 0 saturated carbocycles. The molecule has 0 aromatic heterocycles. The van der Waals surface area contributed by atoms with Crippen molar-refractivity contribution in [3.8, 4) is 0 Å². The maximum absolute atomic E-state index is 9.53. The van der Waals surface area contributed by atoms with Crippen LogP contribution in [0, 0.1) is 6.92 Å². The topological polar surface area (TPSA) is 41.5 Å². The third-order valence-corrected chi connectivity index (χ3v) is 3.12. The van der Waals surface area contributed by atoms with Crippen molar-refractivity contribution in [1.29, 1.82) is 0 Å². The molecule has 0 fully saturated rings. The molecule has 1 aromatic carbocycles. The molecular weight excluding hydrogens is 226 g/mol. The van der Waals surface area contributed by atoms with Gasteiger partial charge in [-0.05, 0) is 44.4 Å². The largest absolute Gasteiger partial charge is 0.391 e. The summed E-state index contributed by atoms with van der Waals surface area (Å²) in [7, 11) is 1.61. The summed E-state index contributed by atoms with van der Waals surface area (Å²) in [6.45, 7) is 5.55. The zero-order valence-corrected chi connectivity index (χ0v) is 11.6. The molecule has 2 unspecified atom stereocenters. The Hall–Kier alpha value is -0.900. The van der Waals surface area contributed by atoms with Crippen LogP contribution in [0.2, 0.25) is 0 Å². The van der Waals surface area contributed by atoms with Gasteiger partial charge < -0.3 is 15.2 Å². The molecule has 0 radical (unpaired) electrons. The van der Waals surface area contributed by atoms with E-state index in [1.54, 1.807) is 7.11 Å². The van der Waals surface area contributed by atoms with Crippen LogP contribution in [0.15, 0.2) is 24.3 Å². The lowest BCUT2D eigenvalue weighted by Crippen LogP contribution is -2.31. The Kier molecular flexibility index (Phi) is 6.94. The molecule has 0 saturated heterocycles. The minimum atomic E-state index is -0.367. The first-order valence-electron chi connectivity index (χ1n) is 6.58. The van der Waals surface area contributed by atoms with Gasteiger partial charge in [-0.15, -0.1) is 0 Å². The van der Waals surface area contributed by atoms with E-state index in [1.807, 2.05) is 0 Å². The summed E-state index contributed by atoms with van der Waals surface area (Å²) < 4.78 is 4.89. The molecule has 1 aromatic rings. The summed E-state index contributed by atoms with van der Waals surface area (Å²) in [5, 5.41) is 13.0. The normalized spacial score (nSPS) is 14.4. The lowest BCUT2D eigenvalue weighted by Gasteiger charge is -2.16. The number of ether oxygens (including phenoxy) is 1. The second-order valence-electron chi connectivity index (χ2n) is 4.88. The van der Waals surface area contributed by atoms with E-state index in [1.165, 1.54) is 11.1 Å². The summed E-state index contributed by atoms with van der Waals surface area (Å²) >= 11 is 0. The molecule has 18 heavy (non-hydrogen) atoms.